The van der Waals surface area contributed by atoms with Gasteiger partial charge in [-0.3, -0.25) is 4.90 Å². The summed E-state index contributed by atoms with van der Waals surface area (Å²) in [5.74, 6) is -0.150. The molecule has 0 aromatic carbocycles. The molecule has 2 aromatic heterocycles. The molecule has 4 aliphatic rings. The largest absolute Gasteiger partial charge is 0.461 e. The molecule has 4 aliphatic heterocycles. The van der Waals surface area contributed by atoms with E-state index in [0.717, 1.165) is 25.8 Å². The summed E-state index contributed by atoms with van der Waals surface area (Å²) in [5, 5.41) is 0.233. The normalized spacial score (nSPS) is 29.8. The van der Waals surface area contributed by atoms with Crippen molar-refractivity contribution < 1.29 is 18.3 Å². The van der Waals surface area contributed by atoms with Crippen LogP contribution in [0.25, 0.3) is 16.5 Å². The van der Waals surface area contributed by atoms with Crippen LogP contribution in [0.2, 0.25) is 5.15 Å². The molecule has 6 rings (SSSR count). The lowest BCUT2D eigenvalue weighted by Crippen LogP contribution is -2.44. The Balaban J connectivity index is 1.43. The molecule has 0 aliphatic carbocycles. The Labute approximate surface area is 189 Å². The molecule has 0 unspecified atom stereocenters. The van der Waals surface area contributed by atoms with Crippen LogP contribution in [0.1, 0.15) is 31.4 Å². The smallest absolute Gasteiger partial charge is 0.319 e. The lowest BCUT2D eigenvalue weighted by atomic mass is 9.95. The lowest BCUT2D eigenvalue weighted by Gasteiger charge is -2.37. The number of hydrogen-bond donors (Lipinski definition) is 0. The third-order valence-electron chi connectivity index (χ3n) is 7.25. The minimum Gasteiger partial charge on any atom is -0.461 e. The standard InChI is InChI=1S/C22H24ClF2N5O2/c1-12-14-10-31-7-3-6-30(14)20-15-17(12)26-19(23)16(25)18(15)27-21(28-20)32-11-22-4-2-5-29(22)9-13(24)8-22/h13-14H,1-11H2/t13-,14+,22+/m1/s1. The number of halogens is 3. The van der Waals surface area contributed by atoms with Crippen molar-refractivity contribution in [2.45, 2.75) is 43.4 Å². The molecule has 170 valence electrons. The Morgan fingerprint density at radius 2 is 2.12 bits per heavy atom. The van der Waals surface area contributed by atoms with Crippen LogP contribution in [0.15, 0.2) is 6.58 Å². The number of rotatable bonds is 3. The monoisotopic (exact) mass is 463 g/mol. The van der Waals surface area contributed by atoms with E-state index in [4.69, 9.17) is 21.1 Å². The van der Waals surface area contributed by atoms with E-state index in [1.54, 1.807) is 0 Å². The van der Waals surface area contributed by atoms with Crippen molar-refractivity contribution in [2.24, 2.45) is 0 Å². The molecule has 0 spiro atoms. The molecule has 7 nitrogen and oxygen atoms in total. The summed E-state index contributed by atoms with van der Waals surface area (Å²) in [4.78, 5) is 17.6. The third-order valence-corrected chi connectivity index (χ3v) is 7.50. The highest BCUT2D eigenvalue weighted by molar-refractivity contribution is 6.30. The van der Waals surface area contributed by atoms with Crippen molar-refractivity contribution in [1.82, 2.24) is 19.9 Å². The third kappa shape index (κ3) is 3.01. The highest BCUT2D eigenvalue weighted by Crippen LogP contribution is 2.43. The van der Waals surface area contributed by atoms with Gasteiger partial charge in [0.05, 0.1) is 29.3 Å². The van der Waals surface area contributed by atoms with E-state index in [9.17, 15) is 4.39 Å². The SMILES string of the molecule is C=C1c2nc(Cl)c(F)c3nc(OC[C@@]45CCCN4C[C@H](F)C5)nc(c23)N2CCCOC[C@@H]12. The first-order chi connectivity index (χ1) is 15.5. The molecule has 0 saturated carbocycles. The average Bonchev–Trinajstić information content (AvgIpc) is 3.17. The number of fused-ring (bicyclic) bond motifs is 3. The van der Waals surface area contributed by atoms with Gasteiger partial charge in [-0.25, -0.2) is 13.8 Å². The fourth-order valence-electron chi connectivity index (χ4n) is 5.74. The summed E-state index contributed by atoms with van der Waals surface area (Å²) in [6.45, 7) is 7.51. The quantitative estimate of drug-likeness (QED) is 0.646. The van der Waals surface area contributed by atoms with Crippen LogP contribution >= 0.6 is 11.6 Å². The summed E-state index contributed by atoms with van der Waals surface area (Å²) >= 11 is 6.12. The van der Waals surface area contributed by atoms with Crippen LogP contribution in [0.4, 0.5) is 14.6 Å². The van der Waals surface area contributed by atoms with E-state index >= 15 is 4.39 Å². The summed E-state index contributed by atoms with van der Waals surface area (Å²) in [6.07, 6.45) is 2.27. The van der Waals surface area contributed by atoms with E-state index in [1.165, 1.54) is 0 Å². The van der Waals surface area contributed by atoms with Crippen molar-refractivity contribution in [3.63, 3.8) is 0 Å². The van der Waals surface area contributed by atoms with Crippen molar-refractivity contribution in [3.8, 4) is 6.01 Å². The number of aromatic nitrogens is 3. The number of pyridine rings is 1. The van der Waals surface area contributed by atoms with E-state index in [0.29, 0.717) is 55.2 Å². The Bertz CT molecular complexity index is 1120. The summed E-state index contributed by atoms with van der Waals surface area (Å²) in [6, 6.07) is -0.101. The number of anilines is 1. The zero-order chi connectivity index (χ0) is 22.0. The molecule has 3 saturated heterocycles. The maximum Gasteiger partial charge on any atom is 0.319 e. The molecule has 32 heavy (non-hydrogen) atoms. The molecule has 0 bridgehead atoms. The Kier molecular flexibility index (Phi) is 4.78. The van der Waals surface area contributed by atoms with Crippen molar-refractivity contribution >= 4 is 33.9 Å². The van der Waals surface area contributed by atoms with Crippen molar-refractivity contribution in [1.29, 1.82) is 0 Å². The molecular formula is C22H24ClF2N5O2. The zero-order valence-electron chi connectivity index (χ0n) is 17.6. The van der Waals surface area contributed by atoms with E-state index in [1.807, 2.05) is 0 Å². The van der Waals surface area contributed by atoms with Gasteiger partial charge in [-0.1, -0.05) is 18.2 Å². The zero-order valence-corrected chi connectivity index (χ0v) is 18.4. The summed E-state index contributed by atoms with van der Waals surface area (Å²) in [5.41, 5.74) is 0.933. The van der Waals surface area contributed by atoms with Gasteiger partial charge in [0.1, 0.15) is 24.1 Å². The first-order valence-corrected chi connectivity index (χ1v) is 11.5. The van der Waals surface area contributed by atoms with Crippen molar-refractivity contribution in [2.75, 3.05) is 44.4 Å². The summed E-state index contributed by atoms with van der Waals surface area (Å²) in [7, 11) is 0. The topological polar surface area (TPSA) is 63.6 Å². The molecule has 0 amide bonds. The van der Waals surface area contributed by atoms with Crippen LogP contribution in [0.3, 0.4) is 0 Å². The first kappa shape index (κ1) is 20.5. The van der Waals surface area contributed by atoms with Gasteiger partial charge in [0.2, 0.25) is 0 Å². The van der Waals surface area contributed by atoms with Crippen LogP contribution in [-0.2, 0) is 4.74 Å². The predicted molar refractivity (Wildman–Crippen MR) is 116 cm³/mol. The van der Waals surface area contributed by atoms with Crippen LogP contribution in [-0.4, -0.2) is 77.1 Å². The van der Waals surface area contributed by atoms with Gasteiger partial charge in [-0.15, -0.1) is 0 Å². The number of nitrogens with zero attached hydrogens (tertiary/aromatic N) is 5. The van der Waals surface area contributed by atoms with Gasteiger partial charge in [-0.05, 0) is 31.4 Å². The number of ether oxygens (including phenoxy) is 2. The van der Waals surface area contributed by atoms with Gasteiger partial charge < -0.3 is 14.4 Å². The number of alkyl halides is 1. The molecule has 0 radical (unpaired) electrons. The van der Waals surface area contributed by atoms with Crippen LogP contribution < -0.4 is 9.64 Å². The highest BCUT2D eigenvalue weighted by atomic mass is 35.5. The maximum absolute atomic E-state index is 15.1. The first-order valence-electron chi connectivity index (χ1n) is 11.1. The Morgan fingerprint density at radius 3 is 3.00 bits per heavy atom. The molecule has 3 fully saturated rings. The fourth-order valence-corrected chi connectivity index (χ4v) is 5.91. The summed E-state index contributed by atoms with van der Waals surface area (Å²) < 4.78 is 41.0. The van der Waals surface area contributed by atoms with E-state index in [-0.39, 0.29) is 34.9 Å². The molecule has 10 heteroatoms. The average molecular weight is 464 g/mol. The Hall–Kier alpha value is -2.10. The Morgan fingerprint density at radius 1 is 1.25 bits per heavy atom. The van der Waals surface area contributed by atoms with Crippen LogP contribution in [0.5, 0.6) is 6.01 Å². The highest BCUT2D eigenvalue weighted by Gasteiger charge is 2.49. The van der Waals surface area contributed by atoms with Gasteiger partial charge >= 0.3 is 6.01 Å². The second-order valence-corrected chi connectivity index (χ2v) is 9.50. The predicted octanol–water partition coefficient (Wildman–Crippen LogP) is 3.39. The van der Waals surface area contributed by atoms with Gasteiger partial charge in [0, 0.05) is 26.1 Å². The van der Waals surface area contributed by atoms with Crippen molar-refractivity contribution in [3.05, 3.63) is 23.2 Å². The van der Waals surface area contributed by atoms with Gasteiger partial charge in [0.15, 0.2) is 11.0 Å². The molecule has 2 aromatic rings. The lowest BCUT2D eigenvalue weighted by molar-refractivity contribution is 0.107. The minimum absolute atomic E-state index is 0.0691. The number of hydrogen-bond acceptors (Lipinski definition) is 7. The van der Waals surface area contributed by atoms with Gasteiger partial charge in [0.25, 0.3) is 0 Å². The molecular weight excluding hydrogens is 440 g/mol. The van der Waals surface area contributed by atoms with Gasteiger partial charge in [-0.2, -0.15) is 9.97 Å². The fraction of sp³-hybridized carbons (Fsp3) is 0.591. The van der Waals surface area contributed by atoms with E-state index in [2.05, 4.69) is 31.3 Å². The molecule has 0 N–H and O–H groups in total. The second kappa shape index (κ2) is 7.46. The van der Waals surface area contributed by atoms with Crippen LogP contribution in [0, 0.1) is 5.82 Å². The second-order valence-electron chi connectivity index (χ2n) is 9.15. The molecule has 6 heterocycles. The molecule has 3 atom stereocenters. The minimum atomic E-state index is -0.855. The van der Waals surface area contributed by atoms with E-state index < -0.39 is 12.0 Å². The maximum atomic E-state index is 15.1.